The lowest BCUT2D eigenvalue weighted by molar-refractivity contribution is 0.607. The first-order valence-electron chi connectivity index (χ1n) is 8.85. The van der Waals surface area contributed by atoms with E-state index in [-0.39, 0.29) is 0 Å². The van der Waals surface area contributed by atoms with E-state index in [0.29, 0.717) is 11.3 Å². The van der Waals surface area contributed by atoms with Crippen LogP contribution >= 0.6 is 0 Å². The number of rotatable bonds is 7. The molecular weight excluding hydrogens is 360 g/mol. The molecule has 27 heavy (non-hydrogen) atoms. The van der Waals surface area contributed by atoms with Gasteiger partial charge < -0.3 is 15.6 Å². The second-order valence-corrected chi connectivity index (χ2v) is 8.33. The summed E-state index contributed by atoms with van der Waals surface area (Å²) in [4.78, 5) is 2.37. The minimum Gasteiger partial charge on any atom is -0.371 e. The summed E-state index contributed by atoms with van der Waals surface area (Å²) in [6, 6.07) is 15.2. The molecule has 2 aromatic rings. The largest absolute Gasteiger partial charge is 0.371 e. The minimum atomic E-state index is -3.30. The molecule has 0 bridgehead atoms. The van der Waals surface area contributed by atoms with Crippen molar-refractivity contribution in [1.82, 2.24) is 0 Å². The lowest BCUT2D eigenvalue weighted by atomic mass is 10.1. The lowest BCUT2D eigenvalue weighted by Crippen LogP contribution is -2.17. The predicted octanol–water partition coefficient (Wildman–Crippen LogP) is 3.76. The molecule has 0 unspecified atom stereocenters. The summed E-state index contributed by atoms with van der Waals surface area (Å²) in [6.45, 7) is 2.19. The Morgan fingerprint density at radius 3 is 2.41 bits per heavy atom. The van der Waals surface area contributed by atoms with E-state index in [1.54, 1.807) is 30.5 Å². The highest BCUT2D eigenvalue weighted by molar-refractivity contribution is 7.92. The van der Waals surface area contributed by atoms with Gasteiger partial charge in [-0.05, 0) is 48.7 Å². The number of allylic oxidation sites excluding steroid dienone is 1. The third-order valence-electron chi connectivity index (χ3n) is 4.39. The molecule has 0 spiro atoms. The van der Waals surface area contributed by atoms with E-state index in [1.807, 2.05) is 12.1 Å². The van der Waals surface area contributed by atoms with E-state index >= 15 is 0 Å². The Bertz CT molecular complexity index is 931. The van der Waals surface area contributed by atoms with Gasteiger partial charge in [-0.15, -0.1) is 0 Å². The van der Waals surface area contributed by atoms with Crippen LogP contribution in [0.2, 0.25) is 0 Å². The van der Waals surface area contributed by atoms with Gasteiger partial charge in [-0.2, -0.15) is 0 Å². The van der Waals surface area contributed by atoms with Crippen LogP contribution in [0.1, 0.15) is 18.4 Å². The fourth-order valence-electron chi connectivity index (χ4n) is 3.08. The summed E-state index contributed by atoms with van der Waals surface area (Å²) in [6.07, 6.45) is 6.65. The number of sulfonamides is 1. The van der Waals surface area contributed by atoms with Gasteiger partial charge in [-0.25, -0.2) is 8.42 Å². The number of nitrogens with zero attached hydrogens (tertiary/aromatic N) is 1. The van der Waals surface area contributed by atoms with Crippen molar-refractivity contribution >= 4 is 38.9 Å². The molecule has 2 aromatic carbocycles. The molecule has 0 radical (unpaired) electrons. The quantitative estimate of drug-likeness (QED) is 0.635. The topological polar surface area (TPSA) is 85.3 Å². The number of hydrogen-bond acceptors (Lipinski definition) is 5. The van der Waals surface area contributed by atoms with Gasteiger partial charge in [-0.1, -0.05) is 18.2 Å². The second-order valence-electron chi connectivity index (χ2n) is 6.58. The summed E-state index contributed by atoms with van der Waals surface area (Å²) >= 11 is 0. The zero-order valence-electron chi connectivity index (χ0n) is 15.3. The van der Waals surface area contributed by atoms with Crippen LogP contribution in [0.4, 0.5) is 17.1 Å². The average Bonchev–Trinajstić information content (AvgIpc) is 3.17. The molecule has 3 N–H and O–H groups in total. The van der Waals surface area contributed by atoms with Crippen LogP contribution in [0, 0.1) is 5.41 Å². The second kappa shape index (κ2) is 8.26. The Hall–Kier alpha value is -2.80. The van der Waals surface area contributed by atoms with E-state index < -0.39 is 10.0 Å². The van der Waals surface area contributed by atoms with Crippen molar-refractivity contribution in [2.24, 2.45) is 0 Å². The van der Waals surface area contributed by atoms with Crippen molar-refractivity contribution < 1.29 is 8.42 Å². The van der Waals surface area contributed by atoms with Crippen LogP contribution in [0.15, 0.2) is 54.7 Å². The first-order valence-corrected chi connectivity index (χ1v) is 10.7. The maximum atomic E-state index is 11.3. The zero-order chi connectivity index (χ0) is 19.3. The molecule has 0 aromatic heterocycles. The molecule has 0 saturated carbocycles. The van der Waals surface area contributed by atoms with Crippen LogP contribution in [-0.2, 0) is 10.0 Å². The molecule has 142 valence electrons. The summed E-state index contributed by atoms with van der Waals surface area (Å²) in [7, 11) is -3.30. The third-order valence-corrected chi connectivity index (χ3v) is 5.00. The Balaban J connectivity index is 1.73. The summed E-state index contributed by atoms with van der Waals surface area (Å²) in [5.41, 5.74) is 4.20. The standard InChI is InChI=1S/C20H24N4O2S/c1-27(25,26)23-18-9-7-16(8-10-18)17(14-21)15-22-19-5-4-6-20(13-19)24-11-2-3-12-24/h4-10,13-15,21-23H,2-3,11-12H2,1H3/b17-15+,21-14?. The SMILES string of the molecule is CS(=O)(=O)Nc1ccc(/C(C=N)=C/Nc2cccc(N3CCCC3)c2)cc1. The molecule has 6 nitrogen and oxygen atoms in total. The van der Waals surface area contributed by atoms with Crippen molar-refractivity contribution in [2.75, 3.05) is 34.3 Å². The molecule has 1 aliphatic heterocycles. The fourth-order valence-corrected chi connectivity index (χ4v) is 3.65. The van der Waals surface area contributed by atoms with Crippen LogP contribution in [-0.4, -0.2) is 34.0 Å². The van der Waals surface area contributed by atoms with E-state index in [0.717, 1.165) is 30.6 Å². The molecule has 3 rings (SSSR count). The molecule has 0 atom stereocenters. The Kier molecular flexibility index (Phi) is 5.81. The minimum absolute atomic E-state index is 0.497. The normalized spacial score (nSPS) is 14.9. The molecule has 1 aliphatic rings. The van der Waals surface area contributed by atoms with Gasteiger partial charge in [0.2, 0.25) is 10.0 Å². The number of nitrogens with one attached hydrogen (secondary N) is 3. The Labute approximate surface area is 160 Å². The van der Waals surface area contributed by atoms with Crippen molar-refractivity contribution in [2.45, 2.75) is 12.8 Å². The van der Waals surface area contributed by atoms with Crippen LogP contribution in [0.3, 0.4) is 0 Å². The highest BCUT2D eigenvalue weighted by Crippen LogP contribution is 2.24. The van der Waals surface area contributed by atoms with E-state index in [9.17, 15) is 8.42 Å². The molecule has 0 aliphatic carbocycles. The van der Waals surface area contributed by atoms with Crippen molar-refractivity contribution in [3.63, 3.8) is 0 Å². The molecule has 1 heterocycles. The first-order chi connectivity index (χ1) is 12.9. The smallest absolute Gasteiger partial charge is 0.229 e. The van der Waals surface area contributed by atoms with Gasteiger partial charge in [0.05, 0.1) is 6.26 Å². The summed E-state index contributed by atoms with van der Waals surface area (Å²) < 4.78 is 25.0. The third kappa shape index (κ3) is 5.34. The first kappa shape index (κ1) is 19.0. The van der Waals surface area contributed by atoms with Gasteiger partial charge in [0, 0.05) is 48.1 Å². The van der Waals surface area contributed by atoms with Gasteiger partial charge in [0.15, 0.2) is 0 Å². The zero-order valence-corrected chi connectivity index (χ0v) is 16.1. The Morgan fingerprint density at radius 1 is 1.07 bits per heavy atom. The van der Waals surface area contributed by atoms with Crippen LogP contribution in [0.5, 0.6) is 0 Å². The van der Waals surface area contributed by atoms with Gasteiger partial charge in [0.25, 0.3) is 0 Å². The average molecular weight is 385 g/mol. The van der Waals surface area contributed by atoms with E-state index in [2.05, 4.69) is 27.1 Å². The number of hydrogen-bond donors (Lipinski definition) is 3. The van der Waals surface area contributed by atoms with Crippen molar-refractivity contribution in [3.05, 3.63) is 60.3 Å². The monoisotopic (exact) mass is 384 g/mol. The molecule has 1 fully saturated rings. The molecule has 7 heteroatoms. The predicted molar refractivity (Wildman–Crippen MR) is 113 cm³/mol. The lowest BCUT2D eigenvalue weighted by Gasteiger charge is -2.18. The summed E-state index contributed by atoms with van der Waals surface area (Å²) in [5, 5.41) is 10.9. The van der Waals surface area contributed by atoms with Gasteiger partial charge >= 0.3 is 0 Å². The maximum Gasteiger partial charge on any atom is 0.229 e. The fraction of sp³-hybridized carbons (Fsp3) is 0.250. The molecular formula is C20H24N4O2S. The van der Waals surface area contributed by atoms with Crippen molar-refractivity contribution in [3.8, 4) is 0 Å². The van der Waals surface area contributed by atoms with E-state index in [4.69, 9.17) is 5.41 Å². The van der Waals surface area contributed by atoms with E-state index in [1.165, 1.54) is 24.7 Å². The van der Waals surface area contributed by atoms with Gasteiger partial charge in [0.1, 0.15) is 0 Å². The Morgan fingerprint density at radius 2 is 1.78 bits per heavy atom. The van der Waals surface area contributed by atoms with Crippen LogP contribution < -0.4 is 14.9 Å². The highest BCUT2D eigenvalue weighted by atomic mass is 32.2. The number of anilines is 3. The van der Waals surface area contributed by atoms with Crippen molar-refractivity contribution in [1.29, 1.82) is 5.41 Å². The molecule has 0 amide bonds. The number of benzene rings is 2. The van der Waals surface area contributed by atoms with Gasteiger partial charge in [-0.3, -0.25) is 4.72 Å². The highest BCUT2D eigenvalue weighted by Gasteiger charge is 2.12. The summed E-state index contributed by atoms with van der Waals surface area (Å²) in [5.74, 6) is 0. The maximum absolute atomic E-state index is 11.3. The van der Waals surface area contributed by atoms with Crippen LogP contribution in [0.25, 0.3) is 5.57 Å². The molecule has 1 saturated heterocycles.